The van der Waals surface area contributed by atoms with Crippen LogP contribution in [0.4, 0.5) is 5.69 Å². The van der Waals surface area contributed by atoms with Crippen LogP contribution in [0, 0.1) is 0 Å². The van der Waals surface area contributed by atoms with E-state index in [0.717, 1.165) is 36.5 Å². The van der Waals surface area contributed by atoms with Gasteiger partial charge < -0.3 is 4.90 Å². The number of carbonyl (C=O) groups is 2. The highest BCUT2D eigenvalue weighted by Crippen LogP contribution is 2.34. The van der Waals surface area contributed by atoms with Crippen LogP contribution in [0.3, 0.4) is 0 Å². The molecule has 0 aromatic heterocycles. The number of nitrogens with zero attached hydrogens (tertiary/aromatic N) is 1. The highest BCUT2D eigenvalue weighted by atomic mass is 32.2. The molecule has 0 bridgehead atoms. The number of hydrogen-bond donors (Lipinski definition) is 1. The first-order chi connectivity index (χ1) is 16.0. The number of rotatable bonds is 4. The number of carbonyl (C=O) groups excluding carboxylic acids is 2. The molecule has 2 aliphatic rings. The van der Waals surface area contributed by atoms with Gasteiger partial charge in [0.05, 0.1) is 5.69 Å². The largest absolute Gasteiger partial charge is 0.367 e. The van der Waals surface area contributed by atoms with Gasteiger partial charge in [0.15, 0.2) is 4.91 Å². The Labute approximate surface area is 193 Å². The molecule has 1 heterocycles. The number of allylic oxidation sites excluding steroid dienone is 2. The van der Waals surface area contributed by atoms with Gasteiger partial charge in [0, 0.05) is 29.6 Å². The predicted octanol–water partition coefficient (Wildman–Crippen LogP) is 4.75. The van der Waals surface area contributed by atoms with Gasteiger partial charge in [-0.1, -0.05) is 73.5 Å². The van der Waals surface area contributed by atoms with Gasteiger partial charge >= 0.3 is 0 Å². The molecule has 0 spiro atoms. The van der Waals surface area contributed by atoms with E-state index < -0.39 is 26.5 Å². The second-order valence-electron chi connectivity index (χ2n) is 8.42. The Morgan fingerprint density at radius 2 is 1.30 bits per heavy atom. The van der Waals surface area contributed by atoms with E-state index in [9.17, 15) is 18.0 Å². The first-order valence-corrected chi connectivity index (χ1v) is 12.6. The van der Waals surface area contributed by atoms with Crippen LogP contribution < -0.4 is 4.72 Å². The quantitative estimate of drug-likeness (QED) is 0.608. The summed E-state index contributed by atoms with van der Waals surface area (Å²) < 4.78 is 30.1. The molecule has 0 amide bonds. The maximum absolute atomic E-state index is 13.7. The Morgan fingerprint density at radius 3 is 2.03 bits per heavy atom. The highest BCUT2D eigenvalue weighted by Gasteiger charge is 2.41. The van der Waals surface area contributed by atoms with Crippen molar-refractivity contribution < 1.29 is 18.0 Å². The molecule has 33 heavy (non-hydrogen) atoms. The molecule has 1 fully saturated rings. The van der Waals surface area contributed by atoms with E-state index in [0.29, 0.717) is 18.8 Å². The Hall–Kier alpha value is -3.45. The summed E-state index contributed by atoms with van der Waals surface area (Å²) >= 11 is 0. The molecule has 0 unspecified atom stereocenters. The lowest BCUT2D eigenvalue weighted by molar-refractivity contribution is 0.0947. The standard InChI is InChI=1S/C26H24N2O4S/c29-24-20-13-5-6-14-21(20)25(30)26(23(24)28-16-7-1-2-8-17-28)33(31,32)27-22-15-9-11-18-10-3-4-12-19(18)22/h3-6,9-15,27H,1-2,7-8,16-17H2. The van der Waals surface area contributed by atoms with Crippen LogP contribution in [0.15, 0.2) is 77.3 Å². The van der Waals surface area contributed by atoms with Crippen molar-refractivity contribution in [2.45, 2.75) is 25.7 Å². The van der Waals surface area contributed by atoms with Crippen molar-refractivity contribution in [3.8, 4) is 0 Å². The Kier molecular flexibility index (Phi) is 5.50. The van der Waals surface area contributed by atoms with Gasteiger partial charge in [-0.15, -0.1) is 0 Å². The number of likely N-dealkylation sites (tertiary alicyclic amines) is 1. The predicted molar refractivity (Wildman–Crippen MR) is 129 cm³/mol. The third-order valence-electron chi connectivity index (χ3n) is 6.28. The monoisotopic (exact) mass is 460 g/mol. The Bertz CT molecular complexity index is 1400. The minimum absolute atomic E-state index is 0.00617. The third-order valence-corrected chi connectivity index (χ3v) is 7.68. The minimum Gasteiger partial charge on any atom is -0.367 e. The zero-order valence-electron chi connectivity index (χ0n) is 18.1. The zero-order valence-corrected chi connectivity index (χ0v) is 18.9. The molecule has 0 atom stereocenters. The second-order valence-corrected chi connectivity index (χ2v) is 10.0. The van der Waals surface area contributed by atoms with Crippen LogP contribution in [0.25, 0.3) is 10.8 Å². The molecule has 0 saturated carbocycles. The number of anilines is 1. The van der Waals surface area contributed by atoms with Gasteiger partial charge in [0.2, 0.25) is 11.6 Å². The van der Waals surface area contributed by atoms with Crippen molar-refractivity contribution in [3.05, 3.63) is 88.5 Å². The number of benzene rings is 3. The second kappa shape index (κ2) is 8.48. The van der Waals surface area contributed by atoms with Crippen LogP contribution in [-0.2, 0) is 10.0 Å². The van der Waals surface area contributed by atoms with Gasteiger partial charge in [0.1, 0.15) is 5.70 Å². The lowest BCUT2D eigenvalue weighted by atomic mass is 9.91. The number of nitrogens with one attached hydrogen (secondary N) is 1. The SMILES string of the molecule is O=C1C(N2CCCCCC2)=C(S(=O)(=O)Nc2cccc3ccccc23)C(=O)c2ccccc21. The van der Waals surface area contributed by atoms with Crippen LogP contribution >= 0.6 is 0 Å². The summed E-state index contributed by atoms with van der Waals surface area (Å²) in [5.74, 6) is -1.05. The molecular formula is C26H24N2O4S. The molecule has 6 nitrogen and oxygen atoms in total. The zero-order chi connectivity index (χ0) is 23.0. The topological polar surface area (TPSA) is 83.6 Å². The maximum atomic E-state index is 13.7. The summed E-state index contributed by atoms with van der Waals surface area (Å²) in [5.41, 5.74) is 0.744. The average molecular weight is 461 g/mol. The average Bonchev–Trinajstić information content (AvgIpc) is 3.10. The lowest BCUT2D eigenvalue weighted by Gasteiger charge is -2.30. The van der Waals surface area contributed by atoms with Gasteiger partial charge in [0.25, 0.3) is 10.0 Å². The summed E-state index contributed by atoms with van der Waals surface area (Å²) in [6, 6.07) is 19.2. The van der Waals surface area contributed by atoms with Crippen LogP contribution in [0.1, 0.15) is 46.4 Å². The number of Topliss-reactive ketones (excluding diaryl/α,β-unsaturated/α-hetero) is 2. The number of ketones is 2. The van der Waals surface area contributed by atoms with Gasteiger partial charge in [-0.25, -0.2) is 8.42 Å². The molecule has 5 rings (SSSR count). The van der Waals surface area contributed by atoms with Crippen LogP contribution in [0.2, 0.25) is 0 Å². The summed E-state index contributed by atoms with van der Waals surface area (Å²) in [6.07, 6.45) is 3.71. The van der Waals surface area contributed by atoms with Crippen molar-refractivity contribution in [2.24, 2.45) is 0 Å². The van der Waals surface area contributed by atoms with Gasteiger partial charge in [-0.3, -0.25) is 14.3 Å². The minimum atomic E-state index is -4.35. The Balaban J connectivity index is 1.67. The van der Waals surface area contributed by atoms with Gasteiger partial charge in [-0.2, -0.15) is 0 Å². The van der Waals surface area contributed by atoms with E-state index in [1.165, 1.54) is 6.07 Å². The molecule has 3 aromatic rings. The summed E-state index contributed by atoms with van der Waals surface area (Å²) in [4.78, 5) is 28.4. The van der Waals surface area contributed by atoms with Crippen molar-refractivity contribution >= 4 is 38.0 Å². The normalized spacial score (nSPS) is 17.2. The molecule has 3 aromatic carbocycles. The fourth-order valence-electron chi connectivity index (χ4n) is 4.68. The molecule has 1 N–H and O–H groups in total. The number of sulfonamides is 1. The molecule has 1 aliphatic carbocycles. The number of hydrogen-bond acceptors (Lipinski definition) is 5. The fraction of sp³-hybridized carbons (Fsp3) is 0.231. The first kappa shape index (κ1) is 21.4. The van der Waals surface area contributed by atoms with Crippen molar-refractivity contribution in [1.82, 2.24) is 4.90 Å². The van der Waals surface area contributed by atoms with E-state index in [2.05, 4.69) is 4.72 Å². The Morgan fingerprint density at radius 1 is 0.697 bits per heavy atom. The lowest BCUT2D eigenvalue weighted by Crippen LogP contribution is -2.38. The van der Waals surface area contributed by atoms with Crippen molar-refractivity contribution in [3.63, 3.8) is 0 Å². The molecule has 1 saturated heterocycles. The van der Waals surface area contributed by atoms with E-state index in [1.807, 2.05) is 30.3 Å². The molecule has 1 aliphatic heterocycles. The fourth-order valence-corrected chi connectivity index (χ4v) is 6.08. The molecule has 0 radical (unpaired) electrons. The molecule has 7 heteroatoms. The highest BCUT2D eigenvalue weighted by molar-refractivity contribution is 7.97. The summed E-state index contributed by atoms with van der Waals surface area (Å²) in [5, 5.41) is 1.59. The molecule has 168 valence electrons. The first-order valence-electron chi connectivity index (χ1n) is 11.2. The van der Waals surface area contributed by atoms with E-state index in [-0.39, 0.29) is 16.8 Å². The maximum Gasteiger partial charge on any atom is 0.268 e. The molecular weight excluding hydrogens is 436 g/mol. The van der Waals surface area contributed by atoms with Crippen LogP contribution in [0.5, 0.6) is 0 Å². The van der Waals surface area contributed by atoms with Crippen LogP contribution in [-0.4, -0.2) is 38.0 Å². The number of fused-ring (bicyclic) bond motifs is 2. The third kappa shape index (κ3) is 3.82. The van der Waals surface area contributed by atoms with E-state index in [4.69, 9.17) is 0 Å². The summed E-state index contributed by atoms with van der Waals surface area (Å²) in [6.45, 7) is 1.09. The van der Waals surface area contributed by atoms with Gasteiger partial charge in [-0.05, 0) is 24.3 Å². The summed E-state index contributed by atoms with van der Waals surface area (Å²) in [7, 11) is -4.35. The van der Waals surface area contributed by atoms with Crippen molar-refractivity contribution in [2.75, 3.05) is 17.8 Å². The smallest absolute Gasteiger partial charge is 0.268 e. The van der Waals surface area contributed by atoms with E-state index >= 15 is 0 Å². The van der Waals surface area contributed by atoms with E-state index in [1.54, 1.807) is 35.2 Å². The van der Waals surface area contributed by atoms with Crippen molar-refractivity contribution in [1.29, 1.82) is 0 Å².